The molecule has 4 nitrogen and oxygen atoms in total. The Kier molecular flexibility index (Phi) is 9.83. The first-order valence-electron chi connectivity index (χ1n) is 9.16. The summed E-state index contributed by atoms with van der Waals surface area (Å²) in [6.45, 7) is 6.06. The van der Waals surface area contributed by atoms with Gasteiger partial charge in [-0.3, -0.25) is 0 Å². The van der Waals surface area contributed by atoms with E-state index in [1.54, 1.807) is 21.3 Å². The Labute approximate surface area is 139 Å². The summed E-state index contributed by atoms with van der Waals surface area (Å²) in [6.07, 6.45) is 13.1. The zero-order chi connectivity index (χ0) is 16.3. The van der Waals surface area contributed by atoms with E-state index < -0.39 is 8.80 Å². The number of rotatable bonds is 12. The van der Waals surface area contributed by atoms with Gasteiger partial charge < -0.3 is 17.8 Å². The molecule has 132 valence electrons. The third-order valence-electron chi connectivity index (χ3n) is 5.21. The van der Waals surface area contributed by atoms with Crippen LogP contribution >= 0.6 is 0 Å². The van der Waals surface area contributed by atoms with E-state index in [1.807, 2.05) is 0 Å². The monoisotopic (exact) mass is 332 g/mol. The van der Waals surface area contributed by atoms with Crippen molar-refractivity contribution < 1.29 is 17.8 Å². The van der Waals surface area contributed by atoms with Crippen molar-refractivity contribution >= 4 is 8.80 Å². The standard InChI is InChI=1S/C17H38NO3Si/c1-5-6-7-8-9-11-14-18(15-12-10-13-16-18)17-22(19-2,20-3)21-4/h5-17H2,1-4H3/q+1. The van der Waals surface area contributed by atoms with Gasteiger partial charge in [0.05, 0.1) is 19.6 Å². The summed E-state index contributed by atoms with van der Waals surface area (Å²) in [5, 5.41) is 0. The van der Waals surface area contributed by atoms with Gasteiger partial charge in [0.25, 0.3) is 0 Å². The molecule has 1 rings (SSSR count). The number of hydrogen-bond donors (Lipinski definition) is 0. The molecule has 1 aliphatic rings. The Hall–Kier alpha value is 0.0569. The molecule has 0 spiro atoms. The first-order chi connectivity index (χ1) is 10.7. The van der Waals surface area contributed by atoms with Crippen LogP contribution in [0.4, 0.5) is 0 Å². The van der Waals surface area contributed by atoms with Crippen LogP contribution in [0.5, 0.6) is 0 Å². The van der Waals surface area contributed by atoms with Gasteiger partial charge in [0.15, 0.2) is 0 Å². The summed E-state index contributed by atoms with van der Waals surface area (Å²) in [5.41, 5.74) is 0. The van der Waals surface area contributed by atoms with Crippen LogP contribution in [0.25, 0.3) is 0 Å². The molecule has 1 saturated heterocycles. The smallest absolute Gasteiger partial charge is 0.374 e. The maximum atomic E-state index is 5.70. The number of likely N-dealkylation sites (tertiary alicyclic amines) is 1. The first-order valence-corrected chi connectivity index (χ1v) is 11.1. The van der Waals surface area contributed by atoms with Crippen molar-refractivity contribution in [1.29, 1.82) is 0 Å². The van der Waals surface area contributed by atoms with E-state index in [0.717, 1.165) is 10.7 Å². The Bertz CT molecular complexity index is 271. The number of hydrogen-bond acceptors (Lipinski definition) is 3. The molecule has 0 saturated carbocycles. The lowest BCUT2D eigenvalue weighted by molar-refractivity contribution is -0.925. The molecule has 0 radical (unpaired) electrons. The molecule has 1 aliphatic heterocycles. The fourth-order valence-electron chi connectivity index (χ4n) is 3.73. The lowest BCUT2D eigenvalue weighted by Crippen LogP contribution is -2.64. The molecule has 0 aromatic rings. The van der Waals surface area contributed by atoms with Crippen molar-refractivity contribution in [3.8, 4) is 0 Å². The van der Waals surface area contributed by atoms with Crippen LogP contribution in [0.1, 0.15) is 64.7 Å². The van der Waals surface area contributed by atoms with E-state index in [0.29, 0.717) is 0 Å². The van der Waals surface area contributed by atoms with Gasteiger partial charge >= 0.3 is 8.80 Å². The van der Waals surface area contributed by atoms with Gasteiger partial charge in [-0.15, -0.1) is 0 Å². The fraction of sp³-hybridized carbons (Fsp3) is 1.00. The molecule has 0 aromatic carbocycles. The van der Waals surface area contributed by atoms with Crippen LogP contribution in [0.15, 0.2) is 0 Å². The second kappa shape index (κ2) is 10.8. The fourth-order valence-corrected chi connectivity index (χ4v) is 5.91. The van der Waals surface area contributed by atoms with Gasteiger partial charge in [0, 0.05) is 21.3 Å². The van der Waals surface area contributed by atoms with Crippen LogP contribution in [-0.4, -0.2) is 60.4 Å². The average Bonchev–Trinajstić information content (AvgIpc) is 2.57. The quantitative estimate of drug-likeness (QED) is 0.309. The topological polar surface area (TPSA) is 27.7 Å². The van der Waals surface area contributed by atoms with Crippen molar-refractivity contribution in [3.63, 3.8) is 0 Å². The van der Waals surface area contributed by atoms with Gasteiger partial charge in [-0.25, -0.2) is 0 Å². The molecule has 0 bridgehead atoms. The zero-order valence-electron chi connectivity index (χ0n) is 15.4. The molecular formula is C17H38NO3Si+. The molecule has 22 heavy (non-hydrogen) atoms. The van der Waals surface area contributed by atoms with Crippen LogP contribution in [0.2, 0.25) is 0 Å². The maximum Gasteiger partial charge on any atom is 0.558 e. The maximum absolute atomic E-state index is 5.70. The normalized spacial score (nSPS) is 18.5. The molecule has 0 aromatic heterocycles. The molecule has 5 heteroatoms. The third-order valence-corrected chi connectivity index (χ3v) is 8.14. The minimum atomic E-state index is -2.49. The summed E-state index contributed by atoms with van der Waals surface area (Å²) in [5.74, 6) is 0. The summed E-state index contributed by atoms with van der Waals surface area (Å²) >= 11 is 0. The Morgan fingerprint density at radius 1 is 0.773 bits per heavy atom. The summed E-state index contributed by atoms with van der Waals surface area (Å²) in [7, 11) is 2.74. The molecule has 0 unspecified atom stereocenters. The molecule has 0 atom stereocenters. The van der Waals surface area contributed by atoms with E-state index in [2.05, 4.69) is 6.92 Å². The number of nitrogens with zero attached hydrogens (tertiary/aromatic N) is 1. The van der Waals surface area contributed by atoms with Crippen LogP contribution in [0.3, 0.4) is 0 Å². The zero-order valence-corrected chi connectivity index (χ0v) is 16.4. The predicted octanol–water partition coefficient (Wildman–Crippen LogP) is 3.76. The summed E-state index contributed by atoms with van der Waals surface area (Å²) in [4.78, 5) is 0. The van der Waals surface area contributed by atoms with Crippen molar-refractivity contribution in [1.82, 2.24) is 0 Å². The van der Waals surface area contributed by atoms with Crippen LogP contribution < -0.4 is 0 Å². The Morgan fingerprint density at radius 3 is 1.86 bits per heavy atom. The lowest BCUT2D eigenvalue weighted by atomic mass is 10.1. The lowest BCUT2D eigenvalue weighted by Gasteiger charge is -2.44. The molecule has 1 fully saturated rings. The van der Waals surface area contributed by atoms with E-state index >= 15 is 0 Å². The number of piperidine rings is 1. The highest BCUT2D eigenvalue weighted by molar-refractivity contribution is 6.60. The van der Waals surface area contributed by atoms with Crippen LogP contribution in [0, 0.1) is 0 Å². The third kappa shape index (κ3) is 6.28. The van der Waals surface area contributed by atoms with Crippen molar-refractivity contribution in [2.45, 2.75) is 64.7 Å². The molecule has 0 amide bonds. The van der Waals surface area contributed by atoms with Gasteiger partial charge in [0.2, 0.25) is 0 Å². The van der Waals surface area contributed by atoms with Crippen molar-refractivity contribution in [3.05, 3.63) is 0 Å². The van der Waals surface area contributed by atoms with Crippen molar-refractivity contribution in [2.75, 3.05) is 47.1 Å². The average molecular weight is 333 g/mol. The Morgan fingerprint density at radius 2 is 1.32 bits per heavy atom. The highest BCUT2D eigenvalue weighted by Gasteiger charge is 2.48. The van der Waals surface area contributed by atoms with Gasteiger partial charge in [-0.1, -0.05) is 32.6 Å². The highest BCUT2D eigenvalue weighted by Crippen LogP contribution is 2.24. The minimum Gasteiger partial charge on any atom is -0.374 e. The molecule has 1 heterocycles. The second-order valence-corrected chi connectivity index (χ2v) is 9.70. The Balaban J connectivity index is 2.54. The van der Waals surface area contributed by atoms with E-state index in [1.165, 1.54) is 77.4 Å². The van der Waals surface area contributed by atoms with Gasteiger partial charge in [0.1, 0.15) is 6.17 Å². The largest absolute Gasteiger partial charge is 0.558 e. The highest BCUT2D eigenvalue weighted by atomic mass is 28.4. The molecule has 0 N–H and O–H groups in total. The minimum absolute atomic E-state index is 0.936. The van der Waals surface area contributed by atoms with E-state index in [9.17, 15) is 0 Å². The molecular weight excluding hydrogens is 294 g/mol. The number of quaternary nitrogens is 1. The second-order valence-electron chi connectivity index (χ2n) is 6.79. The molecule has 0 aliphatic carbocycles. The first kappa shape index (κ1) is 20.1. The number of unbranched alkanes of at least 4 members (excludes halogenated alkanes) is 5. The summed E-state index contributed by atoms with van der Waals surface area (Å²) in [6, 6.07) is 0. The van der Waals surface area contributed by atoms with Gasteiger partial charge in [-0.2, -0.15) is 0 Å². The summed E-state index contributed by atoms with van der Waals surface area (Å²) < 4.78 is 18.3. The van der Waals surface area contributed by atoms with Crippen LogP contribution in [-0.2, 0) is 13.3 Å². The SMILES string of the molecule is CCCCCCCC[N+]1(C[Si](OC)(OC)OC)CCCCC1. The predicted molar refractivity (Wildman–Crippen MR) is 93.7 cm³/mol. The van der Waals surface area contributed by atoms with E-state index in [-0.39, 0.29) is 0 Å². The van der Waals surface area contributed by atoms with Gasteiger partial charge in [-0.05, 0) is 32.1 Å². The van der Waals surface area contributed by atoms with E-state index in [4.69, 9.17) is 13.3 Å². The van der Waals surface area contributed by atoms with Crippen molar-refractivity contribution in [2.24, 2.45) is 0 Å².